The van der Waals surface area contributed by atoms with Crippen molar-refractivity contribution >= 4 is 28.1 Å². The molecule has 0 spiro atoms. The highest BCUT2D eigenvalue weighted by atomic mass is 32.1. The fourth-order valence-electron chi connectivity index (χ4n) is 2.94. The van der Waals surface area contributed by atoms with Crippen molar-refractivity contribution in [1.29, 1.82) is 0 Å². The molecule has 1 aromatic carbocycles. The molecule has 1 N–H and O–H groups in total. The molecular formula is C19H19N5O3S. The van der Waals surface area contributed by atoms with E-state index in [0.717, 1.165) is 16.8 Å². The summed E-state index contributed by atoms with van der Waals surface area (Å²) < 4.78 is 7.08. The van der Waals surface area contributed by atoms with Crippen LogP contribution in [0.1, 0.15) is 18.9 Å². The lowest BCUT2D eigenvalue weighted by Crippen LogP contribution is -2.40. The van der Waals surface area contributed by atoms with Gasteiger partial charge in [-0.25, -0.2) is 4.98 Å². The van der Waals surface area contributed by atoms with E-state index in [1.807, 2.05) is 42.9 Å². The van der Waals surface area contributed by atoms with Crippen LogP contribution in [0.2, 0.25) is 0 Å². The Kier molecular flexibility index (Phi) is 4.60. The van der Waals surface area contributed by atoms with Crippen molar-refractivity contribution in [1.82, 2.24) is 14.8 Å². The first kappa shape index (κ1) is 18.2. The van der Waals surface area contributed by atoms with Crippen LogP contribution in [0.3, 0.4) is 0 Å². The zero-order valence-corrected chi connectivity index (χ0v) is 16.5. The molecule has 0 fully saturated rings. The van der Waals surface area contributed by atoms with Crippen LogP contribution in [-0.2, 0) is 16.7 Å². The topological polar surface area (TPSA) is 90.6 Å². The monoisotopic (exact) mass is 397 g/mol. The van der Waals surface area contributed by atoms with Gasteiger partial charge in [0.2, 0.25) is 5.60 Å². The molecule has 1 atom stereocenters. The summed E-state index contributed by atoms with van der Waals surface area (Å²) in [7, 11) is 3.44. The number of carbonyl (C=O) groups excluding carboxylic acids is 1. The number of oxime groups is 1. The molecule has 3 heterocycles. The molecule has 144 valence electrons. The molecule has 9 heteroatoms. The van der Waals surface area contributed by atoms with E-state index in [2.05, 4.69) is 20.6 Å². The number of carbonyl (C=O) groups is 1. The highest BCUT2D eigenvalue weighted by Crippen LogP contribution is 2.32. The van der Waals surface area contributed by atoms with Gasteiger partial charge in [-0.15, -0.1) is 11.3 Å². The van der Waals surface area contributed by atoms with E-state index < -0.39 is 5.60 Å². The van der Waals surface area contributed by atoms with Gasteiger partial charge < -0.3 is 9.57 Å². The lowest BCUT2D eigenvalue weighted by molar-refractivity contribution is -0.135. The molecule has 4 rings (SSSR count). The van der Waals surface area contributed by atoms with E-state index >= 15 is 0 Å². The number of ether oxygens (including phenoxy) is 1. The van der Waals surface area contributed by atoms with Crippen LogP contribution < -0.4 is 10.1 Å². The number of amides is 1. The minimum atomic E-state index is -1.11. The van der Waals surface area contributed by atoms with Crippen molar-refractivity contribution in [3.8, 4) is 17.0 Å². The zero-order valence-electron chi connectivity index (χ0n) is 15.7. The zero-order chi connectivity index (χ0) is 19.7. The summed E-state index contributed by atoms with van der Waals surface area (Å²) in [6, 6.07) is 7.52. The van der Waals surface area contributed by atoms with Gasteiger partial charge in [0.1, 0.15) is 5.75 Å². The highest BCUT2D eigenvalue weighted by molar-refractivity contribution is 7.14. The molecule has 0 radical (unpaired) electrons. The molecule has 2 aromatic heterocycles. The summed E-state index contributed by atoms with van der Waals surface area (Å²) in [4.78, 5) is 22.8. The average Bonchev–Trinajstić information content (AvgIpc) is 3.42. The number of aromatic nitrogens is 3. The van der Waals surface area contributed by atoms with Crippen molar-refractivity contribution in [2.75, 3.05) is 12.4 Å². The SMILES string of the molecule is COc1ccccc1C1=NOC(C)(C(=O)Nc2nc(-c3cnn(C)c3)cs2)C1. The number of para-hydroxylation sites is 1. The van der Waals surface area contributed by atoms with E-state index in [9.17, 15) is 4.79 Å². The van der Waals surface area contributed by atoms with E-state index in [-0.39, 0.29) is 5.91 Å². The maximum Gasteiger partial charge on any atom is 0.273 e. The number of benzene rings is 1. The summed E-state index contributed by atoms with van der Waals surface area (Å²) in [5.74, 6) is 0.392. The summed E-state index contributed by atoms with van der Waals surface area (Å²) in [6.07, 6.45) is 3.94. The van der Waals surface area contributed by atoms with Crippen LogP contribution >= 0.6 is 11.3 Å². The van der Waals surface area contributed by atoms with E-state index in [0.29, 0.717) is 23.0 Å². The molecule has 3 aromatic rings. The van der Waals surface area contributed by atoms with Crippen LogP contribution in [0.15, 0.2) is 47.2 Å². The maximum atomic E-state index is 12.8. The molecule has 0 aliphatic carbocycles. The molecule has 1 amide bonds. The summed E-state index contributed by atoms with van der Waals surface area (Å²) in [5.41, 5.74) is 2.03. The standard InChI is InChI=1S/C19H19N5O3S/c1-19(8-14(23-27-19)13-6-4-5-7-16(13)26-3)17(25)22-18-21-15(11-28-18)12-9-20-24(2)10-12/h4-7,9-11H,8H2,1-3H3,(H,21,22,25). The molecule has 0 saturated carbocycles. The third kappa shape index (κ3) is 3.36. The highest BCUT2D eigenvalue weighted by Gasteiger charge is 2.43. The second kappa shape index (κ2) is 7.08. The lowest BCUT2D eigenvalue weighted by Gasteiger charge is -2.19. The molecule has 1 aliphatic heterocycles. The first-order valence-corrected chi connectivity index (χ1v) is 9.51. The number of aryl methyl sites for hydroxylation is 1. The Morgan fingerprint density at radius 1 is 1.39 bits per heavy atom. The smallest absolute Gasteiger partial charge is 0.273 e. The van der Waals surface area contributed by atoms with E-state index in [1.54, 1.807) is 24.9 Å². The van der Waals surface area contributed by atoms with Gasteiger partial charge in [0.15, 0.2) is 5.13 Å². The second-order valence-electron chi connectivity index (χ2n) is 6.63. The fraction of sp³-hybridized carbons (Fsp3) is 0.263. The minimum absolute atomic E-state index is 0.298. The van der Waals surface area contributed by atoms with Crippen LogP contribution in [0.25, 0.3) is 11.3 Å². The van der Waals surface area contributed by atoms with Crippen LogP contribution in [-0.4, -0.2) is 39.1 Å². The van der Waals surface area contributed by atoms with Crippen LogP contribution in [0.5, 0.6) is 5.75 Å². The Morgan fingerprint density at radius 3 is 2.96 bits per heavy atom. The van der Waals surface area contributed by atoms with Crippen molar-refractivity contribution in [3.05, 3.63) is 47.6 Å². The molecule has 0 bridgehead atoms. The Labute approximate surface area is 165 Å². The van der Waals surface area contributed by atoms with Gasteiger partial charge in [-0.1, -0.05) is 17.3 Å². The normalized spacial score (nSPS) is 18.5. The van der Waals surface area contributed by atoms with Crippen molar-refractivity contribution in [3.63, 3.8) is 0 Å². The van der Waals surface area contributed by atoms with Crippen molar-refractivity contribution in [2.24, 2.45) is 12.2 Å². The summed E-state index contributed by atoms with van der Waals surface area (Å²) >= 11 is 1.35. The first-order chi connectivity index (χ1) is 13.5. The first-order valence-electron chi connectivity index (χ1n) is 8.63. The third-order valence-corrected chi connectivity index (χ3v) is 5.24. The number of hydrogen-bond acceptors (Lipinski definition) is 7. The Bertz CT molecular complexity index is 1060. The van der Waals surface area contributed by atoms with Gasteiger partial charge >= 0.3 is 0 Å². The van der Waals surface area contributed by atoms with E-state index in [4.69, 9.17) is 9.57 Å². The molecule has 1 aliphatic rings. The van der Waals surface area contributed by atoms with E-state index in [1.165, 1.54) is 11.3 Å². The number of rotatable bonds is 5. The average molecular weight is 397 g/mol. The second-order valence-corrected chi connectivity index (χ2v) is 7.49. The fourth-order valence-corrected chi connectivity index (χ4v) is 3.65. The van der Waals surface area contributed by atoms with Crippen molar-refractivity contribution < 1.29 is 14.4 Å². The van der Waals surface area contributed by atoms with Gasteiger partial charge in [0.05, 0.1) is 24.7 Å². The number of methoxy groups -OCH3 is 1. The van der Waals surface area contributed by atoms with Crippen molar-refractivity contribution in [2.45, 2.75) is 18.9 Å². The lowest BCUT2D eigenvalue weighted by atomic mass is 9.95. The predicted octanol–water partition coefficient (Wildman–Crippen LogP) is 3.07. The number of hydrogen-bond donors (Lipinski definition) is 1. The summed E-state index contributed by atoms with van der Waals surface area (Å²) in [5, 5.41) is 13.5. The Hall–Kier alpha value is -3.20. The minimum Gasteiger partial charge on any atom is -0.496 e. The van der Waals surface area contributed by atoms with Gasteiger partial charge in [0, 0.05) is 36.2 Å². The van der Waals surface area contributed by atoms with Gasteiger partial charge in [-0.05, 0) is 19.1 Å². The Morgan fingerprint density at radius 2 is 2.21 bits per heavy atom. The molecule has 28 heavy (non-hydrogen) atoms. The number of nitrogens with zero attached hydrogens (tertiary/aromatic N) is 4. The summed E-state index contributed by atoms with van der Waals surface area (Å²) in [6.45, 7) is 1.71. The predicted molar refractivity (Wildman–Crippen MR) is 107 cm³/mol. The molecule has 0 saturated heterocycles. The number of thiazole rings is 1. The molecule has 1 unspecified atom stereocenters. The quantitative estimate of drug-likeness (QED) is 0.714. The van der Waals surface area contributed by atoms with Crippen LogP contribution in [0, 0.1) is 0 Å². The van der Waals surface area contributed by atoms with Gasteiger partial charge in [0.25, 0.3) is 5.91 Å². The molecule has 8 nitrogen and oxygen atoms in total. The third-order valence-electron chi connectivity index (χ3n) is 4.49. The molecular weight excluding hydrogens is 378 g/mol. The number of anilines is 1. The van der Waals surface area contributed by atoms with Gasteiger partial charge in [-0.3, -0.25) is 14.8 Å². The largest absolute Gasteiger partial charge is 0.496 e. The van der Waals surface area contributed by atoms with Crippen LogP contribution in [0.4, 0.5) is 5.13 Å². The maximum absolute atomic E-state index is 12.8. The number of nitrogens with one attached hydrogen (secondary N) is 1. The Balaban J connectivity index is 1.46. The van der Waals surface area contributed by atoms with Gasteiger partial charge in [-0.2, -0.15) is 5.10 Å².